The average Bonchev–Trinajstić information content (AvgIpc) is 2.49. The van der Waals surface area contributed by atoms with Gasteiger partial charge in [0.2, 0.25) is 5.91 Å². The van der Waals surface area contributed by atoms with Crippen molar-refractivity contribution in [1.82, 2.24) is 5.32 Å². The van der Waals surface area contributed by atoms with E-state index in [4.69, 9.17) is 4.74 Å². The number of nitrogens with one attached hydrogen (secondary N) is 2. The smallest absolute Gasteiger partial charge is 0.241 e. The van der Waals surface area contributed by atoms with Gasteiger partial charge in [-0.2, -0.15) is 0 Å². The minimum Gasteiger partial charge on any atom is -0.494 e. The Morgan fingerprint density at radius 2 is 2.10 bits per heavy atom. The van der Waals surface area contributed by atoms with Gasteiger partial charge in [-0.05, 0) is 56.5 Å². The summed E-state index contributed by atoms with van der Waals surface area (Å²) in [4.78, 5) is 12.2. The van der Waals surface area contributed by atoms with Gasteiger partial charge in [0.15, 0.2) is 0 Å². The van der Waals surface area contributed by atoms with Crippen molar-refractivity contribution >= 4 is 11.6 Å². The second-order valence-corrected chi connectivity index (χ2v) is 5.25. The Balaban J connectivity index is 1.90. The lowest BCUT2D eigenvalue weighted by Crippen LogP contribution is -2.46. The molecule has 2 unspecified atom stereocenters. The van der Waals surface area contributed by atoms with E-state index >= 15 is 0 Å². The van der Waals surface area contributed by atoms with Gasteiger partial charge in [0.25, 0.3) is 0 Å². The molecule has 0 radical (unpaired) electrons. The molecule has 0 aliphatic carbocycles. The van der Waals surface area contributed by atoms with Gasteiger partial charge < -0.3 is 15.4 Å². The summed E-state index contributed by atoms with van der Waals surface area (Å²) in [6, 6.07) is 7.44. The zero-order valence-corrected chi connectivity index (χ0v) is 12.3. The van der Waals surface area contributed by atoms with E-state index in [-0.39, 0.29) is 11.9 Å². The van der Waals surface area contributed by atoms with E-state index in [1.165, 1.54) is 6.42 Å². The number of anilines is 1. The highest BCUT2D eigenvalue weighted by Gasteiger charge is 2.25. The second-order valence-electron chi connectivity index (χ2n) is 5.25. The highest BCUT2D eigenvalue weighted by Crippen LogP contribution is 2.21. The fraction of sp³-hybridized carbons (Fsp3) is 0.562. The predicted octanol–water partition coefficient (Wildman–Crippen LogP) is 2.80. The molecular weight excluding hydrogens is 252 g/mol. The molecule has 110 valence electrons. The van der Waals surface area contributed by atoms with Gasteiger partial charge in [-0.1, -0.05) is 13.3 Å². The minimum atomic E-state index is -0.0692. The molecule has 1 saturated heterocycles. The average molecular weight is 276 g/mol. The van der Waals surface area contributed by atoms with Gasteiger partial charge in [0, 0.05) is 5.69 Å². The summed E-state index contributed by atoms with van der Waals surface area (Å²) >= 11 is 0. The molecule has 0 saturated carbocycles. The number of hydrogen-bond donors (Lipinski definition) is 2. The zero-order chi connectivity index (χ0) is 14.4. The van der Waals surface area contributed by atoms with Crippen molar-refractivity contribution in [3.63, 3.8) is 0 Å². The Kier molecular flexibility index (Phi) is 5.41. The minimum absolute atomic E-state index is 0.0623. The van der Waals surface area contributed by atoms with E-state index in [0.29, 0.717) is 12.5 Å². The Morgan fingerprint density at radius 3 is 2.75 bits per heavy atom. The molecule has 0 spiro atoms. The molecule has 1 aromatic carbocycles. The lowest BCUT2D eigenvalue weighted by atomic mass is 9.90. The lowest BCUT2D eigenvalue weighted by Gasteiger charge is -2.28. The van der Waals surface area contributed by atoms with Crippen LogP contribution in [-0.4, -0.2) is 25.1 Å². The van der Waals surface area contributed by atoms with Crippen LogP contribution in [-0.2, 0) is 4.79 Å². The number of rotatable bonds is 5. The van der Waals surface area contributed by atoms with E-state index < -0.39 is 0 Å². The second kappa shape index (κ2) is 7.29. The molecule has 4 heteroatoms. The van der Waals surface area contributed by atoms with Crippen LogP contribution < -0.4 is 15.4 Å². The quantitative estimate of drug-likeness (QED) is 0.869. The topological polar surface area (TPSA) is 50.4 Å². The standard InChI is InChI=1S/C16H24N2O2/c1-3-12-9-10-17-15(11-12)16(19)18-13-5-7-14(8-6-13)20-4-2/h5-8,12,15,17H,3-4,9-11H2,1-2H3,(H,18,19). The molecular formula is C16H24N2O2. The van der Waals surface area contributed by atoms with E-state index in [1.807, 2.05) is 31.2 Å². The molecule has 1 amide bonds. The van der Waals surface area contributed by atoms with Crippen LogP contribution in [0.3, 0.4) is 0 Å². The van der Waals surface area contributed by atoms with Crippen molar-refractivity contribution < 1.29 is 9.53 Å². The van der Waals surface area contributed by atoms with Crippen molar-refractivity contribution in [2.75, 3.05) is 18.5 Å². The Bertz CT molecular complexity index is 431. The summed E-state index contributed by atoms with van der Waals surface area (Å²) in [6.45, 7) is 5.72. The van der Waals surface area contributed by atoms with E-state index in [0.717, 1.165) is 30.8 Å². The van der Waals surface area contributed by atoms with Crippen LogP contribution in [0.2, 0.25) is 0 Å². The van der Waals surface area contributed by atoms with Crippen molar-refractivity contribution in [3.8, 4) is 5.75 Å². The summed E-state index contributed by atoms with van der Waals surface area (Å²) < 4.78 is 5.39. The monoisotopic (exact) mass is 276 g/mol. The van der Waals surface area contributed by atoms with Crippen molar-refractivity contribution in [3.05, 3.63) is 24.3 Å². The van der Waals surface area contributed by atoms with Crippen LogP contribution in [0.4, 0.5) is 5.69 Å². The SMILES string of the molecule is CCOc1ccc(NC(=O)C2CC(CC)CCN2)cc1. The Hall–Kier alpha value is -1.55. The van der Waals surface area contributed by atoms with Crippen molar-refractivity contribution in [2.24, 2.45) is 5.92 Å². The largest absolute Gasteiger partial charge is 0.494 e. The van der Waals surface area contributed by atoms with Gasteiger partial charge in [-0.3, -0.25) is 4.79 Å². The third kappa shape index (κ3) is 3.97. The molecule has 2 rings (SSSR count). The number of hydrogen-bond acceptors (Lipinski definition) is 3. The summed E-state index contributed by atoms with van der Waals surface area (Å²) in [7, 11) is 0. The summed E-state index contributed by atoms with van der Waals surface area (Å²) in [6.07, 6.45) is 3.25. The normalized spacial score (nSPS) is 22.3. The van der Waals surface area contributed by atoms with Crippen LogP contribution in [0, 0.1) is 5.92 Å². The Labute approximate surface area is 120 Å². The number of carbonyl (C=O) groups is 1. The molecule has 0 bridgehead atoms. The molecule has 2 N–H and O–H groups in total. The highest BCUT2D eigenvalue weighted by molar-refractivity contribution is 5.94. The summed E-state index contributed by atoms with van der Waals surface area (Å²) in [5, 5.41) is 6.27. The fourth-order valence-electron chi connectivity index (χ4n) is 2.60. The molecule has 20 heavy (non-hydrogen) atoms. The van der Waals surface area contributed by atoms with Crippen LogP contribution >= 0.6 is 0 Å². The molecule has 0 aromatic heterocycles. The first kappa shape index (κ1) is 14.9. The van der Waals surface area contributed by atoms with Gasteiger partial charge in [0.05, 0.1) is 12.6 Å². The van der Waals surface area contributed by atoms with Crippen molar-refractivity contribution in [1.29, 1.82) is 0 Å². The third-order valence-electron chi connectivity index (χ3n) is 3.84. The van der Waals surface area contributed by atoms with Crippen LogP contribution in [0.5, 0.6) is 5.75 Å². The fourth-order valence-corrected chi connectivity index (χ4v) is 2.60. The first-order chi connectivity index (χ1) is 9.72. The van der Waals surface area contributed by atoms with Crippen LogP contribution in [0.1, 0.15) is 33.1 Å². The first-order valence-corrected chi connectivity index (χ1v) is 7.50. The number of ether oxygens (including phenoxy) is 1. The van der Waals surface area contributed by atoms with Gasteiger partial charge in [-0.15, -0.1) is 0 Å². The number of piperidine rings is 1. The van der Waals surface area contributed by atoms with Crippen molar-refractivity contribution in [2.45, 2.75) is 39.2 Å². The van der Waals surface area contributed by atoms with Gasteiger partial charge >= 0.3 is 0 Å². The Morgan fingerprint density at radius 1 is 1.35 bits per heavy atom. The van der Waals surface area contributed by atoms with E-state index in [9.17, 15) is 4.79 Å². The number of carbonyl (C=O) groups excluding carboxylic acids is 1. The molecule has 1 aromatic rings. The first-order valence-electron chi connectivity index (χ1n) is 7.50. The maximum Gasteiger partial charge on any atom is 0.241 e. The molecule has 2 atom stereocenters. The maximum absolute atomic E-state index is 12.2. The predicted molar refractivity (Wildman–Crippen MR) is 81.0 cm³/mol. The highest BCUT2D eigenvalue weighted by atomic mass is 16.5. The summed E-state index contributed by atoms with van der Waals surface area (Å²) in [5.41, 5.74) is 0.818. The molecule has 1 heterocycles. The number of amides is 1. The molecule has 4 nitrogen and oxygen atoms in total. The third-order valence-corrected chi connectivity index (χ3v) is 3.84. The molecule has 1 aliphatic heterocycles. The maximum atomic E-state index is 12.2. The molecule has 1 aliphatic rings. The van der Waals surface area contributed by atoms with E-state index in [1.54, 1.807) is 0 Å². The zero-order valence-electron chi connectivity index (χ0n) is 12.3. The van der Waals surface area contributed by atoms with Crippen LogP contribution in [0.15, 0.2) is 24.3 Å². The molecule has 1 fully saturated rings. The number of benzene rings is 1. The van der Waals surface area contributed by atoms with Gasteiger partial charge in [0.1, 0.15) is 5.75 Å². The van der Waals surface area contributed by atoms with Gasteiger partial charge in [-0.25, -0.2) is 0 Å². The lowest BCUT2D eigenvalue weighted by molar-refractivity contribution is -0.119. The summed E-state index contributed by atoms with van der Waals surface area (Å²) in [5.74, 6) is 1.55. The van der Waals surface area contributed by atoms with Crippen LogP contribution in [0.25, 0.3) is 0 Å². The van der Waals surface area contributed by atoms with E-state index in [2.05, 4.69) is 17.6 Å².